The van der Waals surface area contributed by atoms with E-state index in [1.807, 2.05) is 0 Å². The number of aliphatic hydroxyl groups excluding tert-OH is 7. The summed E-state index contributed by atoms with van der Waals surface area (Å²) in [5, 5.41) is 75.9. The van der Waals surface area contributed by atoms with Crippen LogP contribution in [-0.2, 0) is 14.3 Å². The van der Waals surface area contributed by atoms with E-state index in [0.717, 1.165) is 38.5 Å². The van der Waals surface area contributed by atoms with Crippen LogP contribution in [0.5, 0.6) is 0 Å². The van der Waals surface area contributed by atoms with Crippen LogP contribution in [0.2, 0.25) is 0 Å². The smallest absolute Gasteiger partial charge is 0.249 e. The van der Waals surface area contributed by atoms with Crippen LogP contribution in [0.3, 0.4) is 0 Å². The van der Waals surface area contributed by atoms with Crippen molar-refractivity contribution < 1.29 is 50.0 Å². The van der Waals surface area contributed by atoms with Gasteiger partial charge in [-0.1, -0.05) is 244 Å². The highest BCUT2D eigenvalue weighted by Crippen LogP contribution is 2.23. The maximum absolute atomic E-state index is 13.1. The second-order valence-corrected chi connectivity index (χ2v) is 20.7. The summed E-state index contributed by atoms with van der Waals surface area (Å²) in [7, 11) is 0. The van der Waals surface area contributed by atoms with Crippen LogP contribution in [0, 0.1) is 0 Å². The quantitative estimate of drug-likeness (QED) is 0.0215. The summed E-state index contributed by atoms with van der Waals surface area (Å²) in [6.45, 7) is 3.41. The van der Waals surface area contributed by atoms with E-state index in [0.29, 0.717) is 19.3 Å². The highest BCUT2D eigenvalue weighted by Gasteiger charge is 2.44. The van der Waals surface area contributed by atoms with E-state index in [1.54, 1.807) is 0 Å². The van der Waals surface area contributed by atoms with Gasteiger partial charge in [0.15, 0.2) is 6.29 Å². The van der Waals surface area contributed by atoms with E-state index in [-0.39, 0.29) is 12.8 Å². The Morgan fingerprint density at radius 3 is 1.29 bits per heavy atom. The van der Waals surface area contributed by atoms with Crippen molar-refractivity contribution in [3.05, 3.63) is 24.3 Å². The molecule has 0 aromatic carbocycles. The zero-order chi connectivity index (χ0) is 50.4. The highest BCUT2D eigenvalue weighted by molar-refractivity contribution is 5.80. The molecule has 11 heteroatoms. The fourth-order valence-electron chi connectivity index (χ4n) is 9.46. The predicted octanol–water partition coefficient (Wildman–Crippen LogP) is 12.1. The molecule has 1 saturated heterocycles. The number of ether oxygens (including phenoxy) is 2. The summed E-state index contributed by atoms with van der Waals surface area (Å²) in [6, 6.07) is -1.19. The van der Waals surface area contributed by atoms with Gasteiger partial charge >= 0.3 is 0 Å². The molecule has 0 aromatic rings. The molecule has 0 aliphatic carbocycles. The van der Waals surface area contributed by atoms with Gasteiger partial charge in [0.25, 0.3) is 0 Å². The van der Waals surface area contributed by atoms with Crippen LogP contribution >= 0.6 is 0 Å². The van der Waals surface area contributed by atoms with Crippen molar-refractivity contribution in [2.45, 2.75) is 326 Å². The van der Waals surface area contributed by atoms with Gasteiger partial charge in [0.1, 0.15) is 36.6 Å². The van der Waals surface area contributed by atoms with Crippen LogP contribution in [-0.4, -0.2) is 110 Å². The molecule has 11 nitrogen and oxygen atoms in total. The molecule has 0 spiro atoms. The van der Waals surface area contributed by atoms with Gasteiger partial charge in [-0.3, -0.25) is 4.79 Å². The van der Waals surface area contributed by atoms with Gasteiger partial charge in [-0.25, -0.2) is 0 Å². The number of hydrogen-bond acceptors (Lipinski definition) is 10. The van der Waals surface area contributed by atoms with Gasteiger partial charge in [-0.05, 0) is 51.4 Å². The minimum absolute atomic E-state index is 0.247. The van der Waals surface area contributed by atoms with Crippen LogP contribution in [0.15, 0.2) is 24.3 Å². The van der Waals surface area contributed by atoms with Crippen LogP contribution in [0.25, 0.3) is 0 Å². The van der Waals surface area contributed by atoms with E-state index < -0.39 is 74.2 Å². The molecular formula is C58H111NO10. The first-order valence-electron chi connectivity index (χ1n) is 29.2. The van der Waals surface area contributed by atoms with E-state index >= 15 is 0 Å². The molecule has 1 heterocycles. The van der Waals surface area contributed by atoms with Gasteiger partial charge in [0, 0.05) is 0 Å². The number of hydrogen-bond donors (Lipinski definition) is 8. The lowest BCUT2D eigenvalue weighted by molar-refractivity contribution is -0.303. The Hall–Kier alpha value is -1.41. The lowest BCUT2D eigenvalue weighted by Crippen LogP contribution is -2.60. The molecule has 1 amide bonds. The summed E-state index contributed by atoms with van der Waals surface area (Å²) in [4.78, 5) is 13.1. The molecular weight excluding hydrogens is 871 g/mol. The third kappa shape index (κ3) is 36.2. The number of amides is 1. The summed E-state index contributed by atoms with van der Waals surface area (Å²) < 4.78 is 11.1. The Bertz CT molecular complexity index is 1170. The largest absolute Gasteiger partial charge is 0.394 e. The molecule has 1 rings (SSSR count). The Morgan fingerprint density at radius 2 is 0.870 bits per heavy atom. The van der Waals surface area contributed by atoms with Crippen LogP contribution in [0.4, 0.5) is 0 Å². The third-order valence-corrected chi connectivity index (χ3v) is 14.2. The standard InChI is InChI=1S/C58H111NO10/c1-3-5-7-9-11-13-15-17-18-19-20-21-22-23-24-25-26-27-28-29-30-31-32-33-34-36-38-40-42-44-46-51(62)57(67)59-49(48-68-58-56(66)55(65)54(64)52(47-60)69-58)53(63)50(61)45-43-41-39-37-35-16-14-12-10-8-6-4-2/h12,14,37,39,49-56,58,60-66H,3-11,13,15-36,38,40-48H2,1-2H3,(H,59,67)/b14-12+,39-37+. The molecule has 1 fully saturated rings. The summed E-state index contributed by atoms with van der Waals surface area (Å²) >= 11 is 0. The third-order valence-electron chi connectivity index (χ3n) is 14.2. The van der Waals surface area contributed by atoms with Crippen molar-refractivity contribution >= 4 is 5.91 Å². The first-order chi connectivity index (χ1) is 33.7. The number of allylic oxidation sites excluding steroid dienone is 4. The van der Waals surface area contributed by atoms with E-state index in [9.17, 15) is 40.5 Å². The first kappa shape index (κ1) is 65.6. The molecule has 69 heavy (non-hydrogen) atoms. The maximum Gasteiger partial charge on any atom is 0.249 e. The van der Waals surface area contributed by atoms with Crippen LogP contribution in [0.1, 0.15) is 271 Å². The molecule has 0 aromatic heterocycles. The van der Waals surface area contributed by atoms with E-state index in [1.165, 1.54) is 186 Å². The maximum atomic E-state index is 13.1. The summed E-state index contributed by atoms with van der Waals surface area (Å²) in [5.41, 5.74) is 0. The average molecular weight is 983 g/mol. The molecule has 8 N–H and O–H groups in total. The molecule has 1 aliphatic rings. The van der Waals surface area contributed by atoms with Crippen molar-refractivity contribution in [1.29, 1.82) is 0 Å². The zero-order valence-electron chi connectivity index (χ0n) is 44.6. The average Bonchev–Trinajstić information content (AvgIpc) is 3.35. The first-order valence-corrected chi connectivity index (χ1v) is 29.2. The summed E-state index contributed by atoms with van der Waals surface area (Å²) in [5.74, 6) is -0.707. The number of nitrogens with one attached hydrogen (secondary N) is 1. The predicted molar refractivity (Wildman–Crippen MR) is 284 cm³/mol. The lowest BCUT2D eigenvalue weighted by Gasteiger charge is -2.40. The van der Waals surface area contributed by atoms with Gasteiger partial charge in [0.05, 0.1) is 25.4 Å². The molecule has 1 aliphatic heterocycles. The molecule has 9 unspecified atom stereocenters. The number of unbranched alkanes of at least 4 members (excludes halogenated alkanes) is 34. The normalized spacial score (nSPS) is 20.5. The number of aliphatic hydroxyl groups is 7. The van der Waals surface area contributed by atoms with E-state index in [4.69, 9.17) is 9.47 Å². The second kappa shape index (κ2) is 47.6. The minimum Gasteiger partial charge on any atom is -0.394 e. The van der Waals surface area contributed by atoms with Gasteiger partial charge < -0.3 is 50.5 Å². The fraction of sp³-hybridized carbons (Fsp3) is 0.914. The van der Waals surface area contributed by atoms with Gasteiger partial charge in [-0.2, -0.15) is 0 Å². The fourth-order valence-corrected chi connectivity index (χ4v) is 9.46. The van der Waals surface area contributed by atoms with Crippen molar-refractivity contribution in [2.75, 3.05) is 13.2 Å². The van der Waals surface area contributed by atoms with E-state index in [2.05, 4.69) is 43.5 Å². The SMILES string of the molecule is CCCCC/C=C/CC/C=C/CCCC(O)C(O)C(COC1OC(CO)C(O)C(O)C1O)NC(=O)C(O)CCCCCCCCCCCCCCCCCCCCCCCCCCCCCCCC. The molecule has 408 valence electrons. The highest BCUT2D eigenvalue weighted by atomic mass is 16.7. The van der Waals surface area contributed by atoms with Crippen molar-refractivity contribution in [2.24, 2.45) is 0 Å². The van der Waals surface area contributed by atoms with Crippen molar-refractivity contribution in [1.82, 2.24) is 5.32 Å². The lowest BCUT2D eigenvalue weighted by atomic mass is 9.98. The monoisotopic (exact) mass is 982 g/mol. The molecule has 0 radical (unpaired) electrons. The molecule has 0 saturated carbocycles. The molecule has 0 bridgehead atoms. The Balaban J connectivity index is 2.20. The zero-order valence-corrected chi connectivity index (χ0v) is 44.6. The minimum atomic E-state index is -1.67. The topological polar surface area (TPSA) is 189 Å². The number of carbonyl (C=O) groups excluding carboxylic acids is 1. The van der Waals surface area contributed by atoms with Crippen LogP contribution < -0.4 is 5.32 Å². The Morgan fingerprint density at radius 1 is 0.493 bits per heavy atom. The Labute approximate surface area is 423 Å². The number of carbonyl (C=O) groups is 1. The van der Waals surface area contributed by atoms with Crippen molar-refractivity contribution in [3.63, 3.8) is 0 Å². The number of rotatable bonds is 50. The summed E-state index contributed by atoms with van der Waals surface area (Å²) in [6.07, 6.45) is 45.5. The van der Waals surface area contributed by atoms with Gasteiger partial charge in [0.2, 0.25) is 5.91 Å². The van der Waals surface area contributed by atoms with Gasteiger partial charge in [-0.15, -0.1) is 0 Å². The van der Waals surface area contributed by atoms with Crippen molar-refractivity contribution in [3.8, 4) is 0 Å². The second-order valence-electron chi connectivity index (χ2n) is 20.7. The Kier molecular flexibility index (Phi) is 45.2. The molecule has 9 atom stereocenters.